The van der Waals surface area contributed by atoms with Crippen LogP contribution in [0.4, 0.5) is 0 Å². The van der Waals surface area contributed by atoms with E-state index in [1.165, 1.54) is 20.0 Å². The van der Waals surface area contributed by atoms with Gasteiger partial charge in [0.15, 0.2) is 0 Å². The zero-order valence-electron chi connectivity index (χ0n) is 12.4. The first-order valence-corrected chi connectivity index (χ1v) is 9.42. The summed E-state index contributed by atoms with van der Waals surface area (Å²) in [6, 6.07) is 5.33. The summed E-state index contributed by atoms with van der Waals surface area (Å²) >= 11 is 3.47. The fourth-order valence-corrected chi connectivity index (χ4v) is 5.27. The number of benzene rings is 1. The normalized spacial score (nSPS) is 23.6. The molecule has 116 valence electrons. The Morgan fingerprint density at radius 3 is 2.81 bits per heavy atom. The highest BCUT2D eigenvalue weighted by molar-refractivity contribution is 9.10. The van der Waals surface area contributed by atoms with Crippen molar-refractivity contribution in [2.45, 2.75) is 43.6 Å². The van der Waals surface area contributed by atoms with Gasteiger partial charge in [-0.1, -0.05) is 41.8 Å². The molecule has 3 unspecified atom stereocenters. The quantitative estimate of drug-likeness (QED) is 0.748. The zero-order chi connectivity index (χ0) is 15.4. The van der Waals surface area contributed by atoms with E-state index in [0.717, 1.165) is 22.9 Å². The molecule has 3 atom stereocenters. The molecule has 0 amide bonds. The molecule has 1 fully saturated rings. The van der Waals surface area contributed by atoms with Gasteiger partial charge in [-0.3, -0.25) is 4.21 Å². The van der Waals surface area contributed by atoms with Crippen LogP contribution in [0, 0.1) is 5.92 Å². The molecule has 1 aromatic carbocycles. The van der Waals surface area contributed by atoms with Crippen molar-refractivity contribution in [2.24, 2.45) is 5.92 Å². The van der Waals surface area contributed by atoms with Gasteiger partial charge in [0.2, 0.25) is 0 Å². The molecular formula is C16H21BrO3S. The van der Waals surface area contributed by atoms with Crippen LogP contribution in [-0.2, 0) is 21.3 Å². The second-order valence-corrected chi connectivity index (χ2v) is 8.29. The predicted molar refractivity (Wildman–Crippen MR) is 88.7 cm³/mol. The third-order valence-corrected chi connectivity index (χ3v) is 6.54. The Hall–Kier alpha value is -0.680. The fourth-order valence-electron chi connectivity index (χ4n) is 2.80. The molecule has 0 N–H and O–H groups in total. The van der Waals surface area contributed by atoms with Crippen LogP contribution in [0.25, 0.3) is 0 Å². The van der Waals surface area contributed by atoms with Crippen molar-refractivity contribution in [1.29, 1.82) is 0 Å². The van der Waals surface area contributed by atoms with Gasteiger partial charge in [-0.05, 0) is 36.5 Å². The largest absolute Gasteiger partial charge is 0.465 e. The van der Waals surface area contributed by atoms with E-state index in [1.54, 1.807) is 12.1 Å². The summed E-state index contributed by atoms with van der Waals surface area (Å²) in [7, 11) is 0.511. The lowest BCUT2D eigenvalue weighted by Crippen LogP contribution is -2.24. The van der Waals surface area contributed by atoms with Crippen molar-refractivity contribution >= 4 is 32.7 Å². The van der Waals surface area contributed by atoms with E-state index in [2.05, 4.69) is 22.9 Å². The second-order valence-electron chi connectivity index (χ2n) is 5.72. The first-order valence-electron chi connectivity index (χ1n) is 7.25. The van der Waals surface area contributed by atoms with E-state index in [-0.39, 0.29) is 5.97 Å². The predicted octanol–water partition coefficient (Wildman–Crippen LogP) is 4.06. The van der Waals surface area contributed by atoms with Crippen LogP contribution in [0.1, 0.15) is 48.5 Å². The van der Waals surface area contributed by atoms with Gasteiger partial charge < -0.3 is 4.74 Å². The number of carbonyl (C=O) groups excluding carboxylic acids is 1. The summed E-state index contributed by atoms with van der Waals surface area (Å²) < 4.78 is 18.1. The number of methoxy groups -OCH3 is 1. The molecule has 0 heterocycles. The lowest BCUT2D eigenvalue weighted by molar-refractivity contribution is 0.0600. The first kappa shape index (κ1) is 16.7. The molecule has 0 aromatic heterocycles. The molecule has 0 bridgehead atoms. The summed E-state index contributed by atoms with van der Waals surface area (Å²) in [5.41, 5.74) is 1.49. The summed E-state index contributed by atoms with van der Waals surface area (Å²) in [5.74, 6) is 0.863. The molecule has 0 saturated heterocycles. The number of esters is 1. The van der Waals surface area contributed by atoms with Crippen LogP contribution in [-0.4, -0.2) is 22.5 Å². The minimum Gasteiger partial charge on any atom is -0.465 e. The first-order chi connectivity index (χ1) is 10.0. The maximum Gasteiger partial charge on any atom is 0.337 e. The smallest absolute Gasteiger partial charge is 0.337 e. The monoisotopic (exact) mass is 372 g/mol. The van der Waals surface area contributed by atoms with E-state index < -0.39 is 10.8 Å². The van der Waals surface area contributed by atoms with Gasteiger partial charge in [-0.2, -0.15) is 0 Å². The third-order valence-electron chi connectivity index (χ3n) is 4.03. The van der Waals surface area contributed by atoms with Crippen LogP contribution < -0.4 is 0 Å². The van der Waals surface area contributed by atoms with Gasteiger partial charge >= 0.3 is 5.97 Å². The number of carbonyl (C=O) groups is 1. The summed E-state index contributed by atoms with van der Waals surface area (Å²) in [4.78, 5) is 11.5. The molecule has 1 saturated carbocycles. The Labute approximate surface area is 137 Å². The van der Waals surface area contributed by atoms with Crippen LogP contribution in [0.5, 0.6) is 0 Å². The Balaban J connectivity index is 2.05. The SMILES string of the molecule is COC(=O)c1ccc(CS(=O)C2CCCC(C)C2)c(Br)c1. The van der Waals surface area contributed by atoms with Gasteiger partial charge in [0, 0.05) is 26.3 Å². The van der Waals surface area contributed by atoms with Crippen molar-refractivity contribution in [3.8, 4) is 0 Å². The van der Waals surface area contributed by atoms with Crippen molar-refractivity contribution < 1.29 is 13.7 Å². The van der Waals surface area contributed by atoms with E-state index >= 15 is 0 Å². The Morgan fingerprint density at radius 2 is 2.19 bits per heavy atom. The standard InChI is InChI=1S/C16H21BrO3S/c1-11-4-3-5-14(8-11)21(19)10-13-7-6-12(9-15(13)17)16(18)20-2/h6-7,9,11,14H,3-5,8,10H2,1-2H3. The number of rotatable bonds is 4. The number of halogens is 1. The van der Waals surface area contributed by atoms with E-state index in [0.29, 0.717) is 22.5 Å². The third kappa shape index (κ3) is 4.39. The van der Waals surface area contributed by atoms with Gasteiger partial charge in [0.05, 0.1) is 12.7 Å². The lowest BCUT2D eigenvalue weighted by atomic mass is 9.91. The van der Waals surface area contributed by atoms with Crippen molar-refractivity contribution in [2.75, 3.05) is 7.11 Å². The molecule has 5 heteroatoms. The van der Waals surface area contributed by atoms with Crippen molar-refractivity contribution in [1.82, 2.24) is 0 Å². The molecule has 1 aliphatic carbocycles. The molecule has 1 aromatic rings. The Bertz CT molecular complexity index is 544. The average Bonchev–Trinajstić information content (AvgIpc) is 2.48. The average molecular weight is 373 g/mol. The van der Waals surface area contributed by atoms with Gasteiger partial charge in [0.1, 0.15) is 0 Å². The van der Waals surface area contributed by atoms with E-state index in [1.807, 2.05) is 6.07 Å². The van der Waals surface area contributed by atoms with E-state index in [9.17, 15) is 9.00 Å². The van der Waals surface area contributed by atoms with Crippen LogP contribution in [0.15, 0.2) is 22.7 Å². The summed E-state index contributed by atoms with van der Waals surface area (Å²) in [5, 5.41) is 0.306. The van der Waals surface area contributed by atoms with E-state index in [4.69, 9.17) is 4.74 Å². The van der Waals surface area contributed by atoms with Crippen molar-refractivity contribution in [3.63, 3.8) is 0 Å². The maximum atomic E-state index is 12.5. The molecule has 3 nitrogen and oxygen atoms in total. The van der Waals surface area contributed by atoms with Gasteiger partial charge in [0.25, 0.3) is 0 Å². The topological polar surface area (TPSA) is 43.4 Å². The maximum absolute atomic E-state index is 12.5. The molecule has 0 radical (unpaired) electrons. The van der Waals surface area contributed by atoms with Crippen LogP contribution >= 0.6 is 15.9 Å². The highest BCUT2D eigenvalue weighted by Gasteiger charge is 2.24. The molecule has 0 spiro atoms. The number of hydrogen-bond acceptors (Lipinski definition) is 3. The molecule has 2 rings (SSSR count). The van der Waals surface area contributed by atoms with Gasteiger partial charge in [-0.15, -0.1) is 0 Å². The van der Waals surface area contributed by atoms with Crippen LogP contribution in [0.2, 0.25) is 0 Å². The van der Waals surface area contributed by atoms with Gasteiger partial charge in [-0.25, -0.2) is 4.79 Å². The lowest BCUT2D eigenvalue weighted by Gasteiger charge is -2.26. The highest BCUT2D eigenvalue weighted by atomic mass is 79.9. The molecule has 21 heavy (non-hydrogen) atoms. The molecular weight excluding hydrogens is 352 g/mol. The highest BCUT2D eigenvalue weighted by Crippen LogP contribution is 2.29. The number of hydrogen-bond donors (Lipinski definition) is 0. The zero-order valence-corrected chi connectivity index (χ0v) is 14.8. The minimum atomic E-state index is -0.854. The number of ether oxygens (including phenoxy) is 1. The summed E-state index contributed by atoms with van der Waals surface area (Å²) in [6.07, 6.45) is 4.56. The molecule has 0 aliphatic heterocycles. The second kappa shape index (κ2) is 7.54. The van der Waals surface area contributed by atoms with Crippen LogP contribution in [0.3, 0.4) is 0 Å². The Morgan fingerprint density at radius 1 is 1.43 bits per heavy atom. The Kier molecular flexibility index (Phi) is 5.99. The molecule has 1 aliphatic rings. The fraction of sp³-hybridized carbons (Fsp3) is 0.562. The van der Waals surface area contributed by atoms with Crippen molar-refractivity contribution in [3.05, 3.63) is 33.8 Å². The summed E-state index contributed by atoms with van der Waals surface area (Å²) in [6.45, 7) is 2.24. The minimum absolute atomic E-state index is 0.306.